The SMILES string of the molecule is COC(C)Oc1ccc([C@@H](NC(=O)OC(C)(C)C)C(=O)O)cc1. The fourth-order valence-corrected chi connectivity index (χ4v) is 1.69. The molecule has 0 heterocycles. The molecule has 1 rings (SSSR count). The zero-order valence-corrected chi connectivity index (χ0v) is 14.0. The van der Waals surface area contributed by atoms with Gasteiger partial charge in [0.1, 0.15) is 11.4 Å². The number of carbonyl (C=O) groups is 2. The molecule has 0 saturated carbocycles. The van der Waals surface area contributed by atoms with Gasteiger partial charge in [-0.3, -0.25) is 0 Å². The van der Waals surface area contributed by atoms with E-state index in [0.717, 1.165) is 0 Å². The van der Waals surface area contributed by atoms with E-state index in [1.807, 2.05) is 0 Å². The molecule has 0 fully saturated rings. The van der Waals surface area contributed by atoms with Crippen molar-refractivity contribution >= 4 is 12.1 Å². The number of aliphatic carboxylic acids is 1. The van der Waals surface area contributed by atoms with E-state index >= 15 is 0 Å². The van der Waals surface area contributed by atoms with Gasteiger partial charge in [-0.2, -0.15) is 0 Å². The highest BCUT2D eigenvalue weighted by atomic mass is 16.7. The zero-order chi connectivity index (χ0) is 17.6. The van der Waals surface area contributed by atoms with Gasteiger partial charge in [-0.15, -0.1) is 0 Å². The summed E-state index contributed by atoms with van der Waals surface area (Å²) in [5.74, 6) is -0.653. The number of rotatable bonds is 6. The first-order chi connectivity index (χ1) is 10.6. The number of carbonyl (C=O) groups excluding carboxylic acids is 1. The van der Waals surface area contributed by atoms with E-state index in [2.05, 4.69) is 5.32 Å². The van der Waals surface area contributed by atoms with Gasteiger partial charge in [0.05, 0.1) is 0 Å². The second-order valence-corrected chi connectivity index (χ2v) is 5.91. The highest BCUT2D eigenvalue weighted by molar-refractivity contribution is 5.81. The maximum absolute atomic E-state index is 11.8. The molecule has 128 valence electrons. The normalized spacial score (nSPS) is 13.8. The molecule has 7 nitrogen and oxygen atoms in total. The van der Waals surface area contributed by atoms with Gasteiger partial charge < -0.3 is 24.6 Å². The molecule has 0 spiro atoms. The van der Waals surface area contributed by atoms with Crippen molar-refractivity contribution in [1.29, 1.82) is 0 Å². The van der Waals surface area contributed by atoms with E-state index in [1.165, 1.54) is 7.11 Å². The number of nitrogens with one attached hydrogen (secondary N) is 1. The first-order valence-corrected chi connectivity index (χ1v) is 7.14. The van der Waals surface area contributed by atoms with Crippen LogP contribution in [0.5, 0.6) is 5.75 Å². The molecule has 2 atom stereocenters. The number of ether oxygens (including phenoxy) is 3. The summed E-state index contributed by atoms with van der Waals surface area (Å²) in [6.45, 7) is 6.83. The van der Waals surface area contributed by atoms with E-state index < -0.39 is 30.0 Å². The Morgan fingerprint density at radius 1 is 1.17 bits per heavy atom. The summed E-state index contributed by atoms with van der Waals surface area (Å²) in [5.41, 5.74) is -0.304. The van der Waals surface area contributed by atoms with Crippen LogP contribution >= 0.6 is 0 Å². The van der Waals surface area contributed by atoms with Gasteiger partial charge in [0.2, 0.25) is 0 Å². The Labute approximate surface area is 135 Å². The molecule has 1 unspecified atom stereocenters. The largest absolute Gasteiger partial charge is 0.479 e. The molecule has 1 aromatic rings. The predicted octanol–water partition coefficient (Wildman–Crippen LogP) is 2.71. The van der Waals surface area contributed by atoms with Crippen LogP contribution in [0.1, 0.15) is 39.3 Å². The molecule has 0 saturated heterocycles. The molecule has 0 aliphatic heterocycles. The van der Waals surface area contributed by atoms with E-state index in [0.29, 0.717) is 11.3 Å². The third kappa shape index (κ3) is 6.56. The van der Waals surface area contributed by atoms with E-state index in [1.54, 1.807) is 52.0 Å². The molecular formula is C16H23NO6. The molecule has 0 aromatic heterocycles. The quantitative estimate of drug-likeness (QED) is 0.781. The second kappa shape index (κ2) is 7.82. The average molecular weight is 325 g/mol. The smallest absolute Gasteiger partial charge is 0.408 e. The lowest BCUT2D eigenvalue weighted by Crippen LogP contribution is -2.38. The molecule has 23 heavy (non-hydrogen) atoms. The predicted molar refractivity (Wildman–Crippen MR) is 83.3 cm³/mol. The maximum atomic E-state index is 11.8. The average Bonchev–Trinajstić information content (AvgIpc) is 2.43. The fourth-order valence-electron chi connectivity index (χ4n) is 1.69. The van der Waals surface area contributed by atoms with Crippen molar-refractivity contribution in [2.75, 3.05) is 7.11 Å². The summed E-state index contributed by atoms with van der Waals surface area (Å²) < 4.78 is 15.5. The number of hydrogen-bond donors (Lipinski definition) is 2. The van der Waals surface area contributed by atoms with Crippen molar-refractivity contribution in [2.24, 2.45) is 0 Å². The number of carboxylic acids is 1. The van der Waals surface area contributed by atoms with E-state index in [4.69, 9.17) is 14.2 Å². The van der Waals surface area contributed by atoms with Crippen LogP contribution in [0.4, 0.5) is 4.79 Å². The van der Waals surface area contributed by atoms with Crippen LogP contribution in [0.3, 0.4) is 0 Å². The van der Waals surface area contributed by atoms with Crippen LogP contribution in [0.2, 0.25) is 0 Å². The summed E-state index contributed by atoms with van der Waals surface area (Å²) in [6.07, 6.45) is -1.21. The Morgan fingerprint density at radius 2 is 1.74 bits per heavy atom. The lowest BCUT2D eigenvalue weighted by Gasteiger charge is -2.22. The molecule has 1 aromatic carbocycles. The molecule has 0 bridgehead atoms. The fraction of sp³-hybridized carbons (Fsp3) is 0.500. The minimum absolute atomic E-state index is 0.403. The minimum Gasteiger partial charge on any atom is -0.479 e. The summed E-state index contributed by atoms with van der Waals surface area (Å²) >= 11 is 0. The van der Waals surface area contributed by atoms with Crippen LogP contribution in [0.15, 0.2) is 24.3 Å². The van der Waals surface area contributed by atoms with Crippen molar-refractivity contribution in [3.05, 3.63) is 29.8 Å². The molecule has 7 heteroatoms. The third-order valence-electron chi connectivity index (χ3n) is 2.76. The van der Waals surface area contributed by atoms with Gasteiger partial charge in [-0.1, -0.05) is 12.1 Å². The Morgan fingerprint density at radius 3 is 2.17 bits per heavy atom. The minimum atomic E-state index is -1.21. The highest BCUT2D eigenvalue weighted by Crippen LogP contribution is 2.20. The van der Waals surface area contributed by atoms with Crippen LogP contribution < -0.4 is 10.1 Å². The number of carboxylic acid groups (broad SMARTS) is 1. The van der Waals surface area contributed by atoms with Crippen molar-refractivity contribution in [2.45, 2.75) is 45.6 Å². The van der Waals surface area contributed by atoms with Crippen LogP contribution in [-0.2, 0) is 14.3 Å². The standard InChI is InChI=1S/C16H23NO6/c1-10(21-5)22-12-8-6-11(7-9-12)13(14(18)19)17-15(20)23-16(2,3)4/h6-10,13H,1-5H3,(H,17,20)(H,18,19)/t10?,13-/m1/s1. The Balaban J connectivity index is 2.82. The van der Waals surface area contributed by atoms with Gasteiger partial charge in [0.15, 0.2) is 12.3 Å². The van der Waals surface area contributed by atoms with Crippen molar-refractivity contribution in [3.63, 3.8) is 0 Å². The maximum Gasteiger partial charge on any atom is 0.408 e. The number of hydrogen-bond acceptors (Lipinski definition) is 5. The van der Waals surface area contributed by atoms with Crippen molar-refractivity contribution < 1.29 is 28.9 Å². The summed E-state index contributed by atoms with van der Waals surface area (Å²) in [6, 6.07) is 5.13. The topological polar surface area (TPSA) is 94.1 Å². The molecule has 2 N–H and O–H groups in total. The number of methoxy groups -OCH3 is 1. The molecule has 0 radical (unpaired) electrons. The van der Waals surface area contributed by atoms with Crippen molar-refractivity contribution in [3.8, 4) is 5.75 Å². The number of alkyl carbamates (subject to hydrolysis) is 1. The monoisotopic (exact) mass is 325 g/mol. The number of benzene rings is 1. The first-order valence-electron chi connectivity index (χ1n) is 7.14. The van der Waals surface area contributed by atoms with Gasteiger partial charge in [-0.05, 0) is 45.4 Å². The van der Waals surface area contributed by atoms with Crippen molar-refractivity contribution in [1.82, 2.24) is 5.32 Å². The highest BCUT2D eigenvalue weighted by Gasteiger charge is 2.25. The molecular weight excluding hydrogens is 302 g/mol. The second-order valence-electron chi connectivity index (χ2n) is 5.91. The lowest BCUT2D eigenvalue weighted by molar-refractivity contribution is -0.139. The lowest BCUT2D eigenvalue weighted by atomic mass is 10.1. The zero-order valence-electron chi connectivity index (χ0n) is 14.0. The van der Waals surface area contributed by atoms with Gasteiger partial charge in [-0.25, -0.2) is 9.59 Å². The Kier molecular flexibility index (Phi) is 6.38. The van der Waals surface area contributed by atoms with Crippen LogP contribution in [-0.4, -0.2) is 36.2 Å². The Hall–Kier alpha value is -2.28. The molecule has 0 aliphatic rings. The van der Waals surface area contributed by atoms with Gasteiger partial charge in [0.25, 0.3) is 0 Å². The molecule has 0 aliphatic carbocycles. The first kappa shape index (κ1) is 18.8. The Bertz CT molecular complexity index is 534. The van der Waals surface area contributed by atoms with Crippen LogP contribution in [0, 0.1) is 0 Å². The summed E-state index contributed by atoms with van der Waals surface area (Å²) in [5, 5.41) is 11.6. The van der Waals surface area contributed by atoms with E-state index in [-0.39, 0.29) is 0 Å². The number of amides is 1. The van der Waals surface area contributed by atoms with Gasteiger partial charge >= 0.3 is 12.1 Å². The van der Waals surface area contributed by atoms with Crippen LogP contribution in [0.25, 0.3) is 0 Å². The molecule has 1 amide bonds. The summed E-state index contributed by atoms with van der Waals surface area (Å²) in [7, 11) is 1.52. The van der Waals surface area contributed by atoms with E-state index in [9.17, 15) is 14.7 Å². The summed E-state index contributed by atoms with van der Waals surface area (Å²) in [4.78, 5) is 23.1. The van der Waals surface area contributed by atoms with Gasteiger partial charge in [0, 0.05) is 7.11 Å². The third-order valence-corrected chi connectivity index (χ3v) is 2.76.